The van der Waals surface area contributed by atoms with Gasteiger partial charge in [0.15, 0.2) is 5.75 Å². The summed E-state index contributed by atoms with van der Waals surface area (Å²) in [6, 6.07) is 0.349. The molecule has 2 rings (SSSR count). The molecule has 102 valence electrons. The van der Waals surface area contributed by atoms with Crippen LogP contribution >= 0.6 is 0 Å². The lowest BCUT2D eigenvalue weighted by Crippen LogP contribution is -2.44. The Kier molecular flexibility index (Phi) is 3.66. The van der Waals surface area contributed by atoms with E-state index in [1.54, 1.807) is 7.11 Å². The fourth-order valence-corrected chi connectivity index (χ4v) is 3.05. The highest BCUT2D eigenvalue weighted by Gasteiger charge is 2.43. The molecule has 0 saturated carbocycles. The van der Waals surface area contributed by atoms with Gasteiger partial charge in [-0.15, -0.1) is 0 Å². The van der Waals surface area contributed by atoms with Gasteiger partial charge in [0.05, 0.1) is 18.8 Å². The predicted molar refractivity (Wildman–Crippen MR) is 72.9 cm³/mol. The van der Waals surface area contributed by atoms with E-state index in [-0.39, 0.29) is 5.54 Å². The summed E-state index contributed by atoms with van der Waals surface area (Å²) in [4.78, 5) is 0. The average molecular weight is 251 g/mol. The molecule has 1 aliphatic rings. The molecule has 1 unspecified atom stereocenters. The molecule has 4 heteroatoms. The number of aromatic nitrogens is 2. The first kappa shape index (κ1) is 13.4. The lowest BCUT2D eigenvalue weighted by Gasteiger charge is -2.35. The second-order valence-electron chi connectivity index (χ2n) is 5.76. The molecule has 4 nitrogen and oxygen atoms in total. The van der Waals surface area contributed by atoms with Gasteiger partial charge in [-0.05, 0) is 39.2 Å². The van der Waals surface area contributed by atoms with Crippen LogP contribution in [0.15, 0.2) is 6.20 Å². The van der Waals surface area contributed by atoms with E-state index in [4.69, 9.17) is 4.74 Å². The molecule has 1 saturated heterocycles. The number of nitrogens with zero attached hydrogens (tertiary/aromatic N) is 2. The topological polar surface area (TPSA) is 39.1 Å². The first-order valence-electron chi connectivity index (χ1n) is 6.90. The Bertz CT molecular complexity index is 403. The van der Waals surface area contributed by atoms with Crippen molar-refractivity contribution in [2.24, 2.45) is 5.92 Å². The van der Waals surface area contributed by atoms with Crippen molar-refractivity contribution in [3.63, 3.8) is 0 Å². The SMILES string of the molecule is COc1cnn(C(C)C)c1C1(C(C)C)CCCN1. The zero-order valence-corrected chi connectivity index (χ0v) is 12.2. The normalized spacial score (nSPS) is 24.2. The van der Waals surface area contributed by atoms with Crippen LogP contribution in [0.1, 0.15) is 52.3 Å². The molecule has 18 heavy (non-hydrogen) atoms. The first-order valence-corrected chi connectivity index (χ1v) is 6.90. The molecule has 1 fully saturated rings. The molecule has 1 aliphatic heterocycles. The van der Waals surface area contributed by atoms with Gasteiger partial charge in [-0.1, -0.05) is 13.8 Å². The number of methoxy groups -OCH3 is 1. The minimum atomic E-state index is 0.00606. The van der Waals surface area contributed by atoms with Gasteiger partial charge in [0.2, 0.25) is 0 Å². The van der Waals surface area contributed by atoms with Crippen molar-refractivity contribution in [2.75, 3.05) is 13.7 Å². The molecular weight excluding hydrogens is 226 g/mol. The summed E-state index contributed by atoms with van der Waals surface area (Å²) in [5.74, 6) is 1.43. The van der Waals surface area contributed by atoms with E-state index in [0.29, 0.717) is 12.0 Å². The Labute approximate surface area is 110 Å². The molecule has 1 aromatic rings. The summed E-state index contributed by atoms with van der Waals surface area (Å²) < 4.78 is 7.65. The quantitative estimate of drug-likeness (QED) is 0.894. The first-order chi connectivity index (χ1) is 8.53. The standard InChI is InChI=1S/C14H25N3O/c1-10(2)14(7-6-8-15-14)13-12(18-5)9-16-17(13)11(3)4/h9-11,15H,6-8H2,1-5H3. The monoisotopic (exact) mass is 251 g/mol. The van der Waals surface area contributed by atoms with Gasteiger partial charge in [-0.25, -0.2) is 0 Å². The van der Waals surface area contributed by atoms with Crippen LogP contribution in [0.3, 0.4) is 0 Å². The minimum Gasteiger partial charge on any atom is -0.493 e. The summed E-state index contributed by atoms with van der Waals surface area (Å²) in [5.41, 5.74) is 1.22. The maximum Gasteiger partial charge on any atom is 0.161 e. The molecule has 0 spiro atoms. The van der Waals surface area contributed by atoms with Crippen LogP contribution < -0.4 is 10.1 Å². The van der Waals surface area contributed by atoms with Gasteiger partial charge < -0.3 is 10.1 Å². The van der Waals surface area contributed by atoms with E-state index >= 15 is 0 Å². The number of hydrogen-bond acceptors (Lipinski definition) is 3. The van der Waals surface area contributed by atoms with Crippen LogP contribution in [0.4, 0.5) is 0 Å². The summed E-state index contributed by atoms with van der Waals surface area (Å²) >= 11 is 0. The van der Waals surface area contributed by atoms with Gasteiger partial charge in [0, 0.05) is 6.04 Å². The lowest BCUT2D eigenvalue weighted by molar-refractivity contribution is 0.240. The summed E-state index contributed by atoms with van der Waals surface area (Å²) in [7, 11) is 1.73. The Morgan fingerprint density at radius 2 is 2.11 bits per heavy atom. The molecule has 0 aliphatic carbocycles. The van der Waals surface area contributed by atoms with Crippen molar-refractivity contribution in [1.29, 1.82) is 0 Å². The Hall–Kier alpha value is -1.03. The van der Waals surface area contributed by atoms with Crippen molar-refractivity contribution in [3.05, 3.63) is 11.9 Å². The third kappa shape index (κ3) is 1.92. The highest BCUT2D eigenvalue weighted by molar-refractivity contribution is 5.34. The molecule has 0 aromatic carbocycles. The highest BCUT2D eigenvalue weighted by Crippen LogP contribution is 2.42. The van der Waals surface area contributed by atoms with Crippen LogP contribution in [-0.2, 0) is 5.54 Å². The van der Waals surface area contributed by atoms with Crippen LogP contribution in [0.2, 0.25) is 0 Å². The van der Waals surface area contributed by atoms with E-state index in [1.807, 2.05) is 6.20 Å². The zero-order chi connectivity index (χ0) is 13.3. The van der Waals surface area contributed by atoms with E-state index in [0.717, 1.165) is 18.7 Å². The molecule has 2 heterocycles. The van der Waals surface area contributed by atoms with Crippen molar-refractivity contribution >= 4 is 0 Å². The van der Waals surface area contributed by atoms with Crippen molar-refractivity contribution in [3.8, 4) is 5.75 Å². The summed E-state index contributed by atoms with van der Waals surface area (Å²) in [6.07, 6.45) is 4.21. The number of hydrogen-bond donors (Lipinski definition) is 1. The molecular formula is C14H25N3O. The fourth-order valence-electron chi connectivity index (χ4n) is 3.05. The molecule has 0 radical (unpaired) electrons. The van der Waals surface area contributed by atoms with Crippen molar-refractivity contribution < 1.29 is 4.74 Å². The maximum absolute atomic E-state index is 5.54. The average Bonchev–Trinajstić information content (AvgIpc) is 2.95. The van der Waals surface area contributed by atoms with Gasteiger partial charge >= 0.3 is 0 Å². The maximum atomic E-state index is 5.54. The largest absolute Gasteiger partial charge is 0.493 e. The smallest absolute Gasteiger partial charge is 0.161 e. The van der Waals surface area contributed by atoms with Crippen LogP contribution in [0.5, 0.6) is 5.75 Å². The molecule has 0 bridgehead atoms. The fraction of sp³-hybridized carbons (Fsp3) is 0.786. The van der Waals surface area contributed by atoms with E-state index < -0.39 is 0 Å². The van der Waals surface area contributed by atoms with Crippen LogP contribution in [-0.4, -0.2) is 23.4 Å². The minimum absolute atomic E-state index is 0.00606. The zero-order valence-electron chi connectivity index (χ0n) is 12.2. The third-order valence-corrected chi connectivity index (χ3v) is 4.07. The predicted octanol–water partition coefficient (Wildman–Crippen LogP) is 2.71. The summed E-state index contributed by atoms with van der Waals surface area (Å²) in [5, 5.41) is 8.21. The van der Waals surface area contributed by atoms with Gasteiger partial charge in [-0.2, -0.15) is 5.10 Å². The third-order valence-electron chi connectivity index (χ3n) is 4.07. The number of ether oxygens (including phenoxy) is 1. The number of nitrogens with one attached hydrogen (secondary N) is 1. The Balaban J connectivity index is 2.56. The van der Waals surface area contributed by atoms with Crippen molar-refractivity contribution in [2.45, 2.75) is 52.1 Å². The Morgan fingerprint density at radius 1 is 1.39 bits per heavy atom. The van der Waals surface area contributed by atoms with Crippen LogP contribution in [0, 0.1) is 5.92 Å². The molecule has 1 aromatic heterocycles. The Morgan fingerprint density at radius 3 is 2.56 bits per heavy atom. The van der Waals surface area contributed by atoms with E-state index in [2.05, 4.69) is 42.8 Å². The van der Waals surface area contributed by atoms with Gasteiger partial charge in [-0.3, -0.25) is 4.68 Å². The van der Waals surface area contributed by atoms with Crippen LogP contribution in [0.25, 0.3) is 0 Å². The second kappa shape index (κ2) is 4.92. The lowest BCUT2D eigenvalue weighted by atomic mass is 9.81. The van der Waals surface area contributed by atoms with Crippen molar-refractivity contribution in [1.82, 2.24) is 15.1 Å². The molecule has 1 N–H and O–H groups in total. The molecule has 0 amide bonds. The van der Waals surface area contributed by atoms with Gasteiger partial charge in [0.25, 0.3) is 0 Å². The summed E-state index contributed by atoms with van der Waals surface area (Å²) in [6.45, 7) is 9.95. The van der Waals surface area contributed by atoms with E-state index in [1.165, 1.54) is 12.1 Å². The highest BCUT2D eigenvalue weighted by atomic mass is 16.5. The van der Waals surface area contributed by atoms with E-state index in [9.17, 15) is 0 Å². The van der Waals surface area contributed by atoms with Gasteiger partial charge in [0.1, 0.15) is 5.69 Å². The number of rotatable bonds is 4. The molecule has 1 atom stereocenters. The second-order valence-corrected chi connectivity index (χ2v) is 5.76.